The number of hydrazine groups is 1. The lowest BCUT2D eigenvalue weighted by molar-refractivity contribution is -0.141. The summed E-state index contributed by atoms with van der Waals surface area (Å²) in [6.45, 7) is 2.62. The van der Waals surface area contributed by atoms with Crippen LogP contribution in [-0.4, -0.2) is 23.6 Å². The fourth-order valence-electron chi connectivity index (χ4n) is 1.35. The highest BCUT2D eigenvalue weighted by Crippen LogP contribution is 2.30. The first-order chi connectivity index (χ1) is 8.38. The van der Waals surface area contributed by atoms with E-state index in [4.69, 9.17) is 5.84 Å². The van der Waals surface area contributed by atoms with Gasteiger partial charge in [-0.3, -0.25) is 5.43 Å². The maximum Gasteiger partial charge on any atom is 0.433 e. The van der Waals surface area contributed by atoms with Crippen LogP contribution in [0, 0.1) is 0 Å². The van der Waals surface area contributed by atoms with E-state index in [0.29, 0.717) is 6.54 Å². The zero-order valence-corrected chi connectivity index (χ0v) is 10.3. The molecule has 0 aliphatic rings. The molecule has 0 aromatic carbocycles. The Morgan fingerprint density at radius 1 is 1.39 bits per heavy atom. The molecule has 0 amide bonds. The van der Waals surface area contributed by atoms with Crippen LogP contribution < -0.4 is 16.2 Å². The molecule has 102 valence electrons. The van der Waals surface area contributed by atoms with E-state index in [2.05, 4.69) is 9.97 Å². The number of anilines is 2. The van der Waals surface area contributed by atoms with Crippen LogP contribution >= 0.6 is 0 Å². The molecule has 0 fully saturated rings. The molecule has 0 unspecified atom stereocenters. The Balaban J connectivity index is 3.04. The molecule has 0 bridgehead atoms. The van der Waals surface area contributed by atoms with Crippen molar-refractivity contribution in [2.45, 2.75) is 25.9 Å². The molecule has 0 saturated heterocycles. The number of unbranched alkanes of at least 4 members (excludes halogenated alkanes) is 1. The number of hydrogen-bond acceptors (Lipinski definition) is 5. The fourth-order valence-corrected chi connectivity index (χ4v) is 1.35. The van der Waals surface area contributed by atoms with Gasteiger partial charge in [0.05, 0.1) is 0 Å². The van der Waals surface area contributed by atoms with Crippen molar-refractivity contribution in [1.82, 2.24) is 9.97 Å². The Kier molecular flexibility index (Phi) is 4.71. The minimum Gasteiger partial charge on any atom is -0.360 e. The summed E-state index contributed by atoms with van der Waals surface area (Å²) < 4.78 is 37.9. The second-order valence-electron chi connectivity index (χ2n) is 3.85. The van der Waals surface area contributed by atoms with Crippen molar-refractivity contribution in [2.24, 2.45) is 5.84 Å². The van der Waals surface area contributed by atoms with Gasteiger partial charge in [-0.25, -0.2) is 10.8 Å². The van der Waals surface area contributed by atoms with Crippen LogP contribution in [0.15, 0.2) is 6.07 Å². The predicted molar refractivity (Wildman–Crippen MR) is 63.0 cm³/mol. The third-order valence-electron chi connectivity index (χ3n) is 2.37. The minimum atomic E-state index is -4.52. The number of nitrogen functional groups attached to an aromatic ring is 1. The Morgan fingerprint density at radius 2 is 2.06 bits per heavy atom. The summed E-state index contributed by atoms with van der Waals surface area (Å²) in [4.78, 5) is 8.82. The predicted octanol–water partition coefficient (Wildman–Crippen LogP) is 2.02. The quantitative estimate of drug-likeness (QED) is 0.628. The molecule has 3 N–H and O–H groups in total. The molecule has 0 radical (unpaired) electrons. The van der Waals surface area contributed by atoms with Gasteiger partial charge in [0.15, 0.2) is 5.69 Å². The molecule has 0 aliphatic heterocycles. The Morgan fingerprint density at radius 3 is 2.56 bits per heavy atom. The monoisotopic (exact) mass is 263 g/mol. The molecule has 1 rings (SSSR count). The maximum absolute atomic E-state index is 12.6. The molecule has 5 nitrogen and oxygen atoms in total. The largest absolute Gasteiger partial charge is 0.433 e. The van der Waals surface area contributed by atoms with E-state index in [1.165, 1.54) is 0 Å². The molecule has 0 spiro atoms. The van der Waals surface area contributed by atoms with Crippen LogP contribution in [0.25, 0.3) is 0 Å². The highest BCUT2D eigenvalue weighted by Gasteiger charge is 2.34. The lowest BCUT2D eigenvalue weighted by Gasteiger charge is -2.19. The molecule has 0 saturated carbocycles. The lowest BCUT2D eigenvalue weighted by atomic mass is 10.3. The lowest BCUT2D eigenvalue weighted by Crippen LogP contribution is -2.23. The first-order valence-corrected chi connectivity index (χ1v) is 5.52. The zero-order valence-electron chi connectivity index (χ0n) is 10.3. The first kappa shape index (κ1) is 14.5. The van der Waals surface area contributed by atoms with Crippen molar-refractivity contribution in [1.29, 1.82) is 0 Å². The van der Waals surface area contributed by atoms with Crippen molar-refractivity contribution in [2.75, 3.05) is 23.9 Å². The average molecular weight is 263 g/mol. The SMILES string of the molecule is CCCCN(C)c1cc(C(F)(F)F)nc(NN)n1. The van der Waals surface area contributed by atoms with Crippen LogP contribution in [0.1, 0.15) is 25.5 Å². The van der Waals surface area contributed by atoms with Crippen molar-refractivity contribution in [3.63, 3.8) is 0 Å². The van der Waals surface area contributed by atoms with Crippen LogP contribution in [0.4, 0.5) is 24.9 Å². The average Bonchev–Trinajstić information content (AvgIpc) is 2.34. The van der Waals surface area contributed by atoms with Gasteiger partial charge in [0.25, 0.3) is 0 Å². The van der Waals surface area contributed by atoms with Gasteiger partial charge < -0.3 is 4.90 Å². The third-order valence-corrected chi connectivity index (χ3v) is 2.37. The Bertz CT molecular complexity index is 394. The van der Waals surface area contributed by atoms with Gasteiger partial charge in [-0.05, 0) is 6.42 Å². The smallest absolute Gasteiger partial charge is 0.360 e. The van der Waals surface area contributed by atoms with E-state index >= 15 is 0 Å². The standard InChI is InChI=1S/C10H16F3N5/c1-3-4-5-18(2)8-6-7(10(11,12)13)15-9(16-8)17-14/h6H,3-5,14H2,1-2H3,(H,15,16,17). The number of nitrogens with zero attached hydrogens (tertiary/aromatic N) is 3. The van der Waals surface area contributed by atoms with Crippen LogP contribution in [0.2, 0.25) is 0 Å². The van der Waals surface area contributed by atoms with E-state index in [9.17, 15) is 13.2 Å². The summed E-state index contributed by atoms with van der Waals surface area (Å²) in [7, 11) is 1.68. The van der Waals surface area contributed by atoms with E-state index in [1.54, 1.807) is 11.9 Å². The van der Waals surface area contributed by atoms with E-state index in [1.807, 2.05) is 12.3 Å². The van der Waals surface area contributed by atoms with E-state index in [0.717, 1.165) is 18.9 Å². The number of halogens is 3. The summed E-state index contributed by atoms with van der Waals surface area (Å²) in [6.07, 6.45) is -2.70. The number of nitrogens with one attached hydrogen (secondary N) is 1. The van der Waals surface area contributed by atoms with Gasteiger partial charge in [0.1, 0.15) is 5.82 Å². The number of alkyl halides is 3. The Hall–Kier alpha value is -1.57. The first-order valence-electron chi connectivity index (χ1n) is 5.52. The van der Waals surface area contributed by atoms with Crippen LogP contribution in [0.5, 0.6) is 0 Å². The van der Waals surface area contributed by atoms with E-state index < -0.39 is 11.9 Å². The van der Waals surface area contributed by atoms with Crippen molar-refractivity contribution in [3.8, 4) is 0 Å². The molecule has 1 aromatic heterocycles. The number of aromatic nitrogens is 2. The third kappa shape index (κ3) is 3.73. The summed E-state index contributed by atoms with van der Waals surface area (Å²) in [5, 5.41) is 0. The highest BCUT2D eigenvalue weighted by molar-refractivity contribution is 5.44. The second-order valence-corrected chi connectivity index (χ2v) is 3.85. The minimum absolute atomic E-state index is 0.193. The Labute approximate surface area is 103 Å². The molecular weight excluding hydrogens is 247 g/mol. The zero-order chi connectivity index (χ0) is 13.8. The maximum atomic E-state index is 12.6. The summed E-state index contributed by atoms with van der Waals surface area (Å²) >= 11 is 0. The molecule has 8 heteroatoms. The number of nitrogens with two attached hydrogens (primary N) is 1. The molecule has 18 heavy (non-hydrogen) atoms. The van der Waals surface area contributed by atoms with Crippen LogP contribution in [-0.2, 0) is 6.18 Å². The molecule has 0 aliphatic carbocycles. The summed E-state index contributed by atoms with van der Waals surface area (Å²) in [5.74, 6) is 5.02. The van der Waals surface area contributed by atoms with Gasteiger partial charge in [0.2, 0.25) is 5.95 Å². The van der Waals surface area contributed by atoms with Crippen molar-refractivity contribution < 1.29 is 13.2 Å². The van der Waals surface area contributed by atoms with Gasteiger partial charge in [0, 0.05) is 19.7 Å². The molecule has 0 atom stereocenters. The highest BCUT2D eigenvalue weighted by atomic mass is 19.4. The number of rotatable bonds is 5. The number of hydrogen-bond donors (Lipinski definition) is 2. The normalized spacial score (nSPS) is 11.4. The van der Waals surface area contributed by atoms with E-state index in [-0.39, 0.29) is 11.8 Å². The van der Waals surface area contributed by atoms with Crippen molar-refractivity contribution in [3.05, 3.63) is 11.8 Å². The van der Waals surface area contributed by atoms with Gasteiger partial charge in [-0.2, -0.15) is 18.2 Å². The topological polar surface area (TPSA) is 67.1 Å². The summed E-state index contributed by atoms with van der Waals surface area (Å²) in [6, 6.07) is 0.913. The van der Waals surface area contributed by atoms with Gasteiger partial charge >= 0.3 is 6.18 Å². The molecule has 1 aromatic rings. The van der Waals surface area contributed by atoms with Gasteiger partial charge in [-0.1, -0.05) is 13.3 Å². The molecule has 1 heterocycles. The molecular formula is C10H16F3N5. The van der Waals surface area contributed by atoms with Crippen molar-refractivity contribution >= 4 is 11.8 Å². The fraction of sp³-hybridized carbons (Fsp3) is 0.600. The van der Waals surface area contributed by atoms with Gasteiger partial charge in [-0.15, -0.1) is 0 Å². The van der Waals surface area contributed by atoms with Crippen LogP contribution in [0.3, 0.4) is 0 Å². The summed E-state index contributed by atoms with van der Waals surface area (Å²) in [5.41, 5.74) is 1.03. The second kappa shape index (κ2) is 5.85.